The van der Waals surface area contributed by atoms with Crippen molar-refractivity contribution in [2.45, 2.75) is 32.3 Å². The Morgan fingerprint density at radius 2 is 2.14 bits per heavy atom. The zero-order valence-electron chi connectivity index (χ0n) is 13.1. The van der Waals surface area contributed by atoms with Gasteiger partial charge in [0.2, 0.25) is 11.9 Å². The van der Waals surface area contributed by atoms with Crippen molar-refractivity contribution in [1.29, 1.82) is 0 Å². The number of hydrogen-bond donors (Lipinski definition) is 0. The second kappa shape index (κ2) is 4.94. The van der Waals surface area contributed by atoms with Gasteiger partial charge in [-0.2, -0.15) is 0 Å². The van der Waals surface area contributed by atoms with E-state index in [0.29, 0.717) is 19.8 Å². The number of carbonyl (C=O) groups excluding carboxylic acids is 1. The number of likely N-dealkylation sites (tertiary alicyclic amines) is 1. The molecule has 6 heteroatoms. The van der Waals surface area contributed by atoms with Gasteiger partial charge in [0.25, 0.3) is 0 Å². The first-order valence-electron chi connectivity index (χ1n) is 7.31. The van der Waals surface area contributed by atoms with E-state index in [0.717, 1.165) is 35.9 Å². The van der Waals surface area contributed by atoms with Crippen molar-refractivity contribution in [2.75, 3.05) is 38.7 Å². The van der Waals surface area contributed by atoms with Crippen molar-refractivity contribution in [1.82, 2.24) is 14.9 Å². The number of amides is 1. The lowest BCUT2D eigenvalue weighted by molar-refractivity contribution is -0.128. The van der Waals surface area contributed by atoms with Crippen LogP contribution in [0.2, 0.25) is 0 Å². The van der Waals surface area contributed by atoms with Crippen LogP contribution in [0.15, 0.2) is 0 Å². The smallest absolute Gasteiger partial charge is 0.225 e. The van der Waals surface area contributed by atoms with Crippen LogP contribution < -0.4 is 4.90 Å². The second-order valence-corrected chi connectivity index (χ2v) is 6.29. The first-order valence-corrected chi connectivity index (χ1v) is 7.31. The highest BCUT2D eigenvalue weighted by atomic mass is 16.5. The van der Waals surface area contributed by atoms with Crippen LogP contribution in [0.1, 0.15) is 30.3 Å². The number of anilines is 1. The minimum absolute atomic E-state index is 0.123. The van der Waals surface area contributed by atoms with Crippen molar-refractivity contribution < 1.29 is 9.53 Å². The van der Waals surface area contributed by atoms with Gasteiger partial charge in [0.1, 0.15) is 0 Å². The Balaban J connectivity index is 2.07. The Morgan fingerprint density at radius 3 is 2.76 bits per heavy atom. The first kappa shape index (κ1) is 14.3. The Bertz CT molecular complexity index is 587. The zero-order valence-corrected chi connectivity index (χ0v) is 13.1. The molecule has 114 valence electrons. The number of rotatable bonds is 1. The molecule has 3 heterocycles. The Labute approximate surface area is 125 Å². The lowest BCUT2D eigenvalue weighted by Crippen LogP contribution is -2.42. The third kappa shape index (κ3) is 2.27. The molecule has 0 aromatic carbocycles. The molecule has 0 N–H and O–H groups in total. The molecule has 0 bridgehead atoms. The van der Waals surface area contributed by atoms with Crippen LogP contribution in [-0.4, -0.2) is 54.6 Å². The van der Waals surface area contributed by atoms with E-state index in [1.165, 1.54) is 0 Å². The molecular weight excluding hydrogens is 268 g/mol. The fraction of sp³-hybridized carbons (Fsp3) is 0.667. The van der Waals surface area contributed by atoms with Crippen molar-refractivity contribution in [3.05, 3.63) is 17.0 Å². The van der Waals surface area contributed by atoms with E-state index in [4.69, 9.17) is 9.72 Å². The number of aromatic nitrogens is 2. The SMILES string of the molecule is CC(=O)N1CCC2(COCc3c(C)nc(N(C)C)nc32)C1. The van der Waals surface area contributed by atoms with Gasteiger partial charge in [0.05, 0.1) is 24.3 Å². The van der Waals surface area contributed by atoms with E-state index in [9.17, 15) is 4.79 Å². The minimum Gasteiger partial charge on any atom is -0.376 e. The molecule has 1 fully saturated rings. The van der Waals surface area contributed by atoms with Gasteiger partial charge in [-0.05, 0) is 13.3 Å². The van der Waals surface area contributed by atoms with Crippen LogP contribution in [0.5, 0.6) is 0 Å². The second-order valence-electron chi connectivity index (χ2n) is 6.29. The van der Waals surface area contributed by atoms with Crippen molar-refractivity contribution >= 4 is 11.9 Å². The van der Waals surface area contributed by atoms with Crippen molar-refractivity contribution in [2.24, 2.45) is 0 Å². The Morgan fingerprint density at radius 1 is 1.38 bits per heavy atom. The number of nitrogens with zero attached hydrogens (tertiary/aromatic N) is 4. The summed E-state index contributed by atoms with van der Waals surface area (Å²) < 4.78 is 5.81. The monoisotopic (exact) mass is 290 g/mol. The molecule has 1 amide bonds. The molecule has 1 spiro atoms. The van der Waals surface area contributed by atoms with Gasteiger partial charge >= 0.3 is 0 Å². The van der Waals surface area contributed by atoms with Crippen LogP contribution >= 0.6 is 0 Å². The summed E-state index contributed by atoms with van der Waals surface area (Å²) in [4.78, 5) is 24.8. The van der Waals surface area contributed by atoms with E-state index < -0.39 is 0 Å². The largest absolute Gasteiger partial charge is 0.376 e. The summed E-state index contributed by atoms with van der Waals surface area (Å²) in [6, 6.07) is 0. The highest BCUT2D eigenvalue weighted by Gasteiger charge is 2.46. The van der Waals surface area contributed by atoms with Crippen LogP contribution in [0.3, 0.4) is 0 Å². The molecule has 2 aliphatic rings. The van der Waals surface area contributed by atoms with Gasteiger partial charge < -0.3 is 14.5 Å². The van der Waals surface area contributed by atoms with Crippen molar-refractivity contribution in [3.8, 4) is 0 Å². The van der Waals surface area contributed by atoms with Gasteiger partial charge in [-0.25, -0.2) is 9.97 Å². The third-order valence-electron chi connectivity index (χ3n) is 4.53. The quantitative estimate of drug-likeness (QED) is 0.768. The Hall–Kier alpha value is -1.69. The fourth-order valence-electron chi connectivity index (χ4n) is 3.26. The predicted molar refractivity (Wildman–Crippen MR) is 79.3 cm³/mol. The number of aryl methyl sites for hydroxylation is 1. The molecule has 1 atom stereocenters. The maximum absolute atomic E-state index is 11.7. The van der Waals surface area contributed by atoms with Crippen LogP contribution in [-0.2, 0) is 21.6 Å². The number of carbonyl (C=O) groups is 1. The summed E-state index contributed by atoms with van der Waals surface area (Å²) in [5.41, 5.74) is 2.98. The van der Waals surface area contributed by atoms with Gasteiger partial charge in [0.15, 0.2) is 0 Å². The normalized spacial score (nSPS) is 24.3. The van der Waals surface area contributed by atoms with E-state index in [1.54, 1.807) is 6.92 Å². The molecule has 1 aromatic rings. The Kier molecular flexibility index (Phi) is 3.36. The van der Waals surface area contributed by atoms with Gasteiger partial charge in [0, 0.05) is 45.4 Å². The van der Waals surface area contributed by atoms with Crippen LogP contribution in [0.4, 0.5) is 5.95 Å². The zero-order chi connectivity index (χ0) is 15.2. The summed E-state index contributed by atoms with van der Waals surface area (Å²) in [5.74, 6) is 0.853. The predicted octanol–water partition coefficient (Wildman–Crippen LogP) is 0.871. The maximum Gasteiger partial charge on any atom is 0.225 e. The topological polar surface area (TPSA) is 58.6 Å². The molecule has 6 nitrogen and oxygen atoms in total. The maximum atomic E-state index is 11.7. The molecule has 0 aliphatic carbocycles. The van der Waals surface area contributed by atoms with Gasteiger partial charge in [-0.1, -0.05) is 0 Å². The highest BCUT2D eigenvalue weighted by Crippen LogP contribution is 2.40. The lowest BCUT2D eigenvalue weighted by Gasteiger charge is -2.35. The van der Waals surface area contributed by atoms with Crippen LogP contribution in [0.25, 0.3) is 0 Å². The summed E-state index contributed by atoms with van der Waals surface area (Å²) in [7, 11) is 3.90. The average molecular weight is 290 g/mol. The van der Waals surface area contributed by atoms with E-state index >= 15 is 0 Å². The minimum atomic E-state index is -0.169. The van der Waals surface area contributed by atoms with E-state index in [-0.39, 0.29) is 11.3 Å². The molecule has 0 radical (unpaired) electrons. The first-order chi connectivity index (χ1) is 9.93. The lowest BCUT2D eigenvalue weighted by atomic mass is 9.80. The standard InChI is InChI=1S/C15H22N4O2/c1-10-12-7-21-9-15(5-6-19(8-15)11(2)20)13(12)17-14(16-10)18(3)4/h5-9H2,1-4H3. The number of hydrogen-bond acceptors (Lipinski definition) is 5. The molecule has 21 heavy (non-hydrogen) atoms. The van der Waals surface area contributed by atoms with Crippen molar-refractivity contribution in [3.63, 3.8) is 0 Å². The number of fused-ring (bicyclic) bond motifs is 2. The third-order valence-corrected chi connectivity index (χ3v) is 4.53. The molecule has 1 unspecified atom stereocenters. The highest BCUT2D eigenvalue weighted by molar-refractivity contribution is 5.74. The molecule has 1 aromatic heterocycles. The van der Waals surface area contributed by atoms with E-state index in [2.05, 4.69) is 4.98 Å². The van der Waals surface area contributed by atoms with Crippen LogP contribution in [0, 0.1) is 6.92 Å². The molecule has 2 aliphatic heterocycles. The van der Waals surface area contributed by atoms with Gasteiger partial charge in [-0.15, -0.1) is 0 Å². The van der Waals surface area contributed by atoms with Gasteiger partial charge in [-0.3, -0.25) is 4.79 Å². The summed E-state index contributed by atoms with van der Waals surface area (Å²) in [6.45, 7) is 6.30. The number of ether oxygens (including phenoxy) is 1. The fourth-order valence-corrected chi connectivity index (χ4v) is 3.26. The molecular formula is C15H22N4O2. The molecule has 1 saturated heterocycles. The molecule has 0 saturated carbocycles. The summed E-state index contributed by atoms with van der Waals surface area (Å²) >= 11 is 0. The van der Waals surface area contributed by atoms with E-state index in [1.807, 2.05) is 30.8 Å². The molecule has 3 rings (SSSR count). The summed E-state index contributed by atoms with van der Waals surface area (Å²) in [5, 5.41) is 0. The average Bonchev–Trinajstić information content (AvgIpc) is 2.85. The summed E-state index contributed by atoms with van der Waals surface area (Å²) in [6.07, 6.45) is 0.906.